The van der Waals surface area contributed by atoms with Gasteiger partial charge in [0, 0.05) is 35.2 Å². The minimum Gasteiger partial charge on any atom is -0.359 e. The van der Waals surface area contributed by atoms with Gasteiger partial charge in [0.1, 0.15) is 0 Å². The first-order valence-electron chi connectivity index (χ1n) is 5.38. The van der Waals surface area contributed by atoms with Crippen LogP contribution in [-0.2, 0) is 10.0 Å². The van der Waals surface area contributed by atoms with Gasteiger partial charge in [-0.3, -0.25) is 0 Å². The molecular formula is C12H14N2O2S2. The van der Waals surface area contributed by atoms with Gasteiger partial charge in [0.25, 0.3) is 0 Å². The Balaban J connectivity index is 2.77. The average molecular weight is 282 g/mol. The number of rotatable bonds is 2. The van der Waals surface area contributed by atoms with Gasteiger partial charge >= 0.3 is 0 Å². The van der Waals surface area contributed by atoms with Gasteiger partial charge in [-0.2, -0.15) is 0 Å². The summed E-state index contributed by atoms with van der Waals surface area (Å²) >= 11 is 5.26. The molecule has 96 valence electrons. The molecule has 0 amide bonds. The summed E-state index contributed by atoms with van der Waals surface area (Å²) in [7, 11) is -0.403. The second-order valence-electron chi connectivity index (χ2n) is 4.31. The number of aromatic nitrogens is 1. The maximum absolute atomic E-state index is 12.0. The van der Waals surface area contributed by atoms with Crippen LogP contribution in [0.2, 0.25) is 0 Å². The largest absolute Gasteiger partial charge is 0.359 e. The van der Waals surface area contributed by atoms with Crippen LogP contribution >= 0.6 is 12.2 Å². The number of hydrogen-bond acceptors (Lipinski definition) is 3. The molecule has 2 aromatic rings. The number of H-pyrrole nitrogens is 1. The molecule has 0 radical (unpaired) electrons. The molecule has 0 bridgehead atoms. The van der Waals surface area contributed by atoms with Gasteiger partial charge in [0.2, 0.25) is 10.0 Å². The molecule has 0 aliphatic carbocycles. The average Bonchev–Trinajstić information content (AvgIpc) is 2.27. The molecule has 6 heteroatoms. The predicted octanol–water partition coefficient (Wildman–Crippen LogP) is 2.46. The van der Waals surface area contributed by atoms with Crippen molar-refractivity contribution >= 4 is 33.1 Å². The van der Waals surface area contributed by atoms with Crippen molar-refractivity contribution in [3.8, 4) is 0 Å². The van der Waals surface area contributed by atoms with E-state index in [0.29, 0.717) is 4.51 Å². The fourth-order valence-corrected chi connectivity index (χ4v) is 3.00. The lowest BCUT2D eigenvalue weighted by molar-refractivity contribution is 0.521. The minimum atomic E-state index is -3.42. The number of hydrogen-bond donors (Lipinski definition) is 1. The van der Waals surface area contributed by atoms with Crippen LogP contribution in [0.5, 0.6) is 0 Å². The molecule has 2 rings (SSSR count). The van der Waals surface area contributed by atoms with Crippen molar-refractivity contribution in [2.45, 2.75) is 11.8 Å². The summed E-state index contributed by atoms with van der Waals surface area (Å²) in [4.78, 5) is 3.42. The Morgan fingerprint density at radius 3 is 2.50 bits per heavy atom. The summed E-state index contributed by atoms with van der Waals surface area (Å²) in [6.45, 7) is 1.92. The fourth-order valence-electron chi connectivity index (χ4n) is 1.73. The third-order valence-electron chi connectivity index (χ3n) is 2.71. The van der Waals surface area contributed by atoms with Crippen LogP contribution in [0.15, 0.2) is 29.2 Å². The van der Waals surface area contributed by atoms with Crippen molar-refractivity contribution in [2.75, 3.05) is 14.1 Å². The van der Waals surface area contributed by atoms with E-state index in [0.717, 1.165) is 16.6 Å². The molecule has 0 spiro atoms. The Labute approximate surface area is 111 Å². The molecule has 1 N–H and O–H groups in total. The Morgan fingerprint density at radius 1 is 1.22 bits per heavy atom. The van der Waals surface area contributed by atoms with Gasteiger partial charge in [-0.15, -0.1) is 0 Å². The van der Waals surface area contributed by atoms with Gasteiger partial charge in [-0.1, -0.05) is 12.2 Å². The lowest BCUT2D eigenvalue weighted by atomic mass is 10.2. The number of aryl methyl sites for hydroxylation is 1. The highest BCUT2D eigenvalue weighted by molar-refractivity contribution is 7.89. The van der Waals surface area contributed by atoms with Crippen LogP contribution in [0.3, 0.4) is 0 Å². The number of aromatic amines is 1. The SMILES string of the molecule is Cc1cc(=S)c2cc(S(=O)(=O)N(C)C)ccc2[nH]1. The first-order valence-corrected chi connectivity index (χ1v) is 7.23. The zero-order valence-corrected chi connectivity index (χ0v) is 12.0. The maximum Gasteiger partial charge on any atom is 0.242 e. The molecule has 0 saturated carbocycles. The molecule has 0 atom stereocenters. The van der Waals surface area contributed by atoms with Crippen LogP contribution in [0.4, 0.5) is 0 Å². The molecule has 1 aromatic carbocycles. The number of sulfonamides is 1. The third kappa shape index (κ3) is 2.19. The molecule has 1 heterocycles. The smallest absolute Gasteiger partial charge is 0.242 e. The Hall–Kier alpha value is -1.24. The highest BCUT2D eigenvalue weighted by Crippen LogP contribution is 2.21. The molecule has 4 nitrogen and oxygen atoms in total. The van der Waals surface area contributed by atoms with E-state index in [1.165, 1.54) is 18.4 Å². The second kappa shape index (κ2) is 4.46. The van der Waals surface area contributed by atoms with Gasteiger partial charge in [0.05, 0.1) is 4.90 Å². The molecule has 18 heavy (non-hydrogen) atoms. The topological polar surface area (TPSA) is 53.2 Å². The molecule has 0 saturated heterocycles. The van der Waals surface area contributed by atoms with Crippen molar-refractivity contribution < 1.29 is 8.42 Å². The Kier molecular flexibility index (Phi) is 3.27. The number of benzene rings is 1. The van der Waals surface area contributed by atoms with E-state index in [1.807, 2.05) is 13.0 Å². The fraction of sp³-hybridized carbons (Fsp3) is 0.250. The first kappa shape index (κ1) is 13.2. The standard InChI is InChI=1S/C12H14N2O2S2/c1-8-6-12(17)10-7-9(4-5-11(10)13-8)18(15,16)14(2)3/h4-7H,1-3H3,(H,13,17). The van der Waals surface area contributed by atoms with Crippen LogP contribution in [-0.4, -0.2) is 31.8 Å². The Morgan fingerprint density at radius 2 is 1.89 bits per heavy atom. The van der Waals surface area contributed by atoms with Gasteiger partial charge in [-0.05, 0) is 31.2 Å². The van der Waals surface area contributed by atoms with Crippen molar-refractivity contribution in [1.29, 1.82) is 0 Å². The number of nitrogens with one attached hydrogen (secondary N) is 1. The maximum atomic E-state index is 12.0. The molecule has 0 unspecified atom stereocenters. The highest BCUT2D eigenvalue weighted by Gasteiger charge is 2.17. The highest BCUT2D eigenvalue weighted by atomic mass is 32.2. The lowest BCUT2D eigenvalue weighted by Crippen LogP contribution is -2.22. The summed E-state index contributed by atoms with van der Waals surface area (Å²) in [6, 6.07) is 6.77. The van der Waals surface area contributed by atoms with Gasteiger partial charge in [-0.25, -0.2) is 12.7 Å². The lowest BCUT2D eigenvalue weighted by Gasteiger charge is -2.12. The normalized spacial score (nSPS) is 12.2. The van der Waals surface area contributed by atoms with E-state index in [-0.39, 0.29) is 4.90 Å². The van der Waals surface area contributed by atoms with Crippen LogP contribution < -0.4 is 0 Å². The van der Waals surface area contributed by atoms with Gasteiger partial charge < -0.3 is 4.98 Å². The third-order valence-corrected chi connectivity index (χ3v) is 4.86. The van der Waals surface area contributed by atoms with Crippen molar-refractivity contribution in [2.24, 2.45) is 0 Å². The molecule has 0 aliphatic rings. The zero-order valence-electron chi connectivity index (χ0n) is 10.4. The molecule has 1 aromatic heterocycles. The summed E-state index contributed by atoms with van der Waals surface area (Å²) < 4.78 is 25.9. The van der Waals surface area contributed by atoms with Gasteiger partial charge in [0.15, 0.2) is 0 Å². The number of nitrogens with zero attached hydrogens (tertiary/aromatic N) is 1. The second-order valence-corrected chi connectivity index (χ2v) is 6.90. The predicted molar refractivity (Wildman–Crippen MR) is 74.7 cm³/mol. The van der Waals surface area contributed by atoms with E-state index in [2.05, 4.69) is 4.98 Å². The van der Waals surface area contributed by atoms with E-state index >= 15 is 0 Å². The molecular weight excluding hydrogens is 268 g/mol. The van der Waals surface area contributed by atoms with E-state index in [1.54, 1.807) is 18.2 Å². The van der Waals surface area contributed by atoms with Crippen LogP contribution in [0.1, 0.15) is 5.69 Å². The number of pyridine rings is 1. The Bertz CT molecular complexity index is 761. The summed E-state index contributed by atoms with van der Waals surface area (Å²) in [6.07, 6.45) is 0. The molecule has 0 fully saturated rings. The summed E-state index contributed by atoms with van der Waals surface area (Å²) in [5.41, 5.74) is 1.80. The summed E-state index contributed by atoms with van der Waals surface area (Å²) in [5, 5.41) is 0.749. The number of fused-ring (bicyclic) bond motifs is 1. The van der Waals surface area contributed by atoms with Crippen molar-refractivity contribution in [3.05, 3.63) is 34.5 Å². The van der Waals surface area contributed by atoms with Crippen LogP contribution in [0.25, 0.3) is 10.9 Å². The molecule has 0 aliphatic heterocycles. The van der Waals surface area contributed by atoms with E-state index in [9.17, 15) is 8.42 Å². The van der Waals surface area contributed by atoms with Crippen molar-refractivity contribution in [3.63, 3.8) is 0 Å². The van der Waals surface area contributed by atoms with Crippen LogP contribution in [0, 0.1) is 11.4 Å². The van der Waals surface area contributed by atoms with Crippen molar-refractivity contribution in [1.82, 2.24) is 9.29 Å². The quantitative estimate of drug-likeness (QED) is 0.861. The van der Waals surface area contributed by atoms with E-state index < -0.39 is 10.0 Å². The minimum absolute atomic E-state index is 0.253. The zero-order chi connectivity index (χ0) is 13.5. The summed E-state index contributed by atoms with van der Waals surface area (Å²) in [5.74, 6) is 0. The first-order chi connectivity index (χ1) is 8.32. The monoisotopic (exact) mass is 282 g/mol. The van der Waals surface area contributed by atoms with E-state index in [4.69, 9.17) is 12.2 Å².